The van der Waals surface area contributed by atoms with E-state index in [4.69, 9.17) is 0 Å². The molecule has 0 bridgehead atoms. The van der Waals surface area contributed by atoms with Gasteiger partial charge in [-0.2, -0.15) is 0 Å². The molecular formula is C15H23N3O3. The molecule has 1 saturated heterocycles. The van der Waals surface area contributed by atoms with Crippen LogP contribution in [0.1, 0.15) is 31.4 Å². The fourth-order valence-electron chi connectivity index (χ4n) is 2.84. The Labute approximate surface area is 125 Å². The summed E-state index contributed by atoms with van der Waals surface area (Å²) < 4.78 is 0. The predicted octanol–water partition coefficient (Wildman–Crippen LogP) is 2.18. The molecule has 1 aromatic carbocycles. The smallest absolute Gasteiger partial charge is 0.292 e. The lowest BCUT2D eigenvalue weighted by Crippen LogP contribution is -2.42. The van der Waals surface area contributed by atoms with E-state index in [1.807, 2.05) is 0 Å². The van der Waals surface area contributed by atoms with Gasteiger partial charge in [-0.15, -0.1) is 0 Å². The molecule has 1 aliphatic heterocycles. The number of nitro benzene ring substituents is 1. The summed E-state index contributed by atoms with van der Waals surface area (Å²) >= 11 is 0. The van der Waals surface area contributed by atoms with Crippen LogP contribution in [-0.2, 0) is 0 Å². The Balaban J connectivity index is 2.22. The molecule has 21 heavy (non-hydrogen) atoms. The monoisotopic (exact) mass is 293 g/mol. The standard InChI is InChI=1S/C15H23N3O3/c1-11(19)12-4-5-14(15(10-12)18(20)21)17-8-6-13(7-9-17)16(2)3/h4-5,10-11,13,19H,6-9H2,1-3H3/t11-/m0/s1. The van der Waals surface area contributed by atoms with E-state index >= 15 is 0 Å². The highest BCUT2D eigenvalue weighted by atomic mass is 16.6. The molecule has 116 valence electrons. The van der Waals surface area contributed by atoms with E-state index in [1.54, 1.807) is 19.1 Å². The van der Waals surface area contributed by atoms with Crippen LogP contribution in [0, 0.1) is 10.1 Å². The molecule has 1 aromatic rings. The maximum atomic E-state index is 11.3. The molecule has 0 spiro atoms. The number of rotatable bonds is 4. The average molecular weight is 293 g/mol. The Morgan fingerprint density at radius 1 is 1.38 bits per heavy atom. The molecule has 0 aromatic heterocycles. The van der Waals surface area contributed by atoms with Crippen LogP contribution in [0.25, 0.3) is 0 Å². The zero-order valence-corrected chi connectivity index (χ0v) is 12.8. The molecule has 0 aliphatic carbocycles. The van der Waals surface area contributed by atoms with E-state index in [1.165, 1.54) is 6.07 Å². The molecule has 1 N–H and O–H groups in total. The van der Waals surface area contributed by atoms with E-state index < -0.39 is 6.10 Å². The van der Waals surface area contributed by atoms with Crippen molar-refractivity contribution in [2.75, 3.05) is 32.1 Å². The molecule has 6 nitrogen and oxygen atoms in total. The van der Waals surface area contributed by atoms with Crippen molar-refractivity contribution in [3.05, 3.63) is 33.9 Å². The number of benzene rings is 1. The number of nitro groups is 1. The highest BCUT2D eigenvalue weighted by Crippen LogP contribution is 2.33. The first-order chi connectivity index (χ1) is 9.90. The molecular weight excluding hydrogens is 270 g/mol. The van der Waals surface area contributed by atoms with Gasteiger partial charge in [0, 0.05) is 25.2 Å². The lowest BCUT2D eigenvalue weighted by atomic mass is 10.0. The van der Waals surface area contributed by atoms with Crippen molar-refractivity contribution in [1.29, 1.82) is 0 Å². The van der Waals surface area contributed by atoms with Crippen molar-refractivity contribution in [1.82, 2.24) is 4.90 Å². The maximum absolute atomic E-state index is 11.3. The fraction of sp³-hybridized carbons (Fsp3) is 0.600. The van der Waals surface area contributed by atoms with Gasteiger partial charge in [0.1, 0.15) is 5.69 Å². The van der Waals surface area contributed by atoms with Gasteiger partial charge in [-0.05, 0) is 45.5 Å². The first-order valence-electron chi connectivity index (χ1n) is 7.28. The highest BCUT2D eigenvalue weighted by Gasteiger charge is 2.26. The van der Waals surface area contributed by atoms with Crippen molar-refractivity contribution in [2.24, 2.45) is 0 Å². The summed E-state index contributed by atoms with van der Waals surface area (Å²) in [4.78, 5) is 15.2. The Morgan fingerprint density at radius 2 is 2.00 bits per heavy atom. The number of aliphatic hydroxyl groups excluding tert-OH is 1. The van der Waals surface area contributed by atoms with Gasteiger partial charge >= 0.3 is 0 Å². The van der Waals surface area contributed by atoms with Gasteiger partial charge in [0.25, 0.3) is 5.69 Å². The SMILES string of the molecule is C[C@H](O)c1ccc(N2CCC(N(C)C)CC2)c([N+](=O)[O-])c1. The molecule has 1 atom stereocenters. The largest absolute Gasteiger partial charge is 0.389 e. The van der Waals surface area contributed by atoms with Crippen molar-refractivity contribution in [3.63, 3.8) is 0 Å². The molecule has 0 unspecified atom stereocenters. The van der Waals surface area contributed by atoms with Crippen LogP contribution < -0.4 is 4.90 Å². The van der Waals surface area contributed by atoms with Crippen molar-refractivity contribution >= 4 is 11.4 Å². The highest BCUT2D eigenvalue weighted by molar-refractivity contribution is 5.64. The maximum Gasteiger partial charge on any atom is 0.292 e. The summed E-state index contributed by atoms with van der Waals surface area (Å²) in [6, 6.07) is 5.55. The summed E-state index contributed by atoms with van der Waals surface area (Å²) in [5, 5.41) is 20.9. The Kier molecular flexibility index (Phi) is 4.80. The predicted molar refractivity (Wildman–Crippen MR) is 82.7 cm³/mol. The van der Waals surface area contributed by atoms with E-state index in [9.17, 15) is 15.2 Å². The quantitative estimate of drug-likeness (QED) is 0.680. The molecule has 0 amide bonds. The second-order valence-corrected chi connectivity index (χ2v) is 5.86. The minimum atomic E-state index is -0.697. The van der Waals surface area contributed by atoms with E-state index in [0.29, 0.717) is 17.3 Å². The summed E-state index contributed by atoms with van der Waals surface area (Å²) in [5.74, 6) is 0. The Bertz CT molecular complexity index is 509. The van der Waals surface area contributed by atoms with Crippen LogP contribution in [0.2, 0.25) is 0 Å². The topological polar surface area (TPSA) is 69.8 Å². The number of nitrogens with zero attached hydrogens (tertiary/aromatic N) is 3. The number of anilines is 1. The van der Waals surface area contributed by atoms with E-state index in [-0.39, 0.29) is 10.6 Å². The third-order valence-electron chi connectivity index (χ3n) is 4.21. The van der Waals surface area contributed by atoms with Crippen LogP contribution in [0.5, 0.6) is 0 Å². The molecule has 0 saturated carbocycles. The molecule has 0 radical (unpaired) electrons. The molecule has 6 heteroatoms. The number of aliphatic hydroxyl groups is 1. The lowest BCUT2D eigenvalue weighted by molar-refractivity contribution is -0.384. The van der Waals surface area contributed by atoms with Crippen LogP contribution in [0.15, 0.2) is 18.2 Å². The van der Waals surface area contributed by atoms with Gasteiger partial charge in [-0.1, -0.05) is 6.07 Å². The fourth-order valence-corrected chi connectivity index (χ4v) is 2.84. The minimum Gasteiger partial charge on any atom is -0.389 e. The third kappa shape index (κ3) is 3.51. The molecule has 2 rings (SSSR count). The van der Waals surface area contributed by atoms with E-state index in [0.717, 1.165) is 25.9 Å². The number of hydrogen-bond acceptors (Lipinski definition) is 5. The van der Waals surface area contributed by atoms with Crippen molar-refractivity contribution in [2.45, 2.75) is 31.9 Å². The van der Waals surface area contributed by atoms with Crippen molar-refractivity contribution in [3.8, 4) is 0 Å². The normalized spacial score (nSPS) is 18.0. The Morgan fingerprint density at radius 3 is 2.48 bits per heavy atom. The first-order valence-corrected chi connectivity index (χ1v) is 7.28. The summed E-state index contributed by atoms with van der Waals surface area (Å²) in [7, 11) is 4.14. The molecule has 1 fully saturated rings. The van der Waals surface area contributed by atoms with Crippen molar-refractivity contribution < 1.29 is 10.0 Å². The minimum absolute atomic E-state index is 0.0803. The zero-order valence-electron chi connectivity index (χ0n) is 12.8. The van der Waals surface area contributed by atoms with Gasteiger partial charge in [-0.3, -0.25) is 10.1 Å². The average Bonchev–Trinajstić information content (AvgIpc) is 2.46. The third-order valence-corrected chi connectivity index (χ3v) is 4.21. The van der Waals surface area contributed by atoms with Gasteiger partial charge in [-0.25, -0.2) is 0 Å². The van der Waals surface area contributed by atoms with Crippen LogP contribution in [0.3, 0.4) is 0 Å². The zero-order chi connectivity index (χ0) is 15.6. The van der Waals surface area contributed by atoms with Gasteiger partial charge < -0.3 is 14.9 Å². The summed E-state index contributed by atoms with van der Waals surface area (Å²) in [6.45, 7) is 3.25. The summed E-state index contributed by atoms with van der Waals surface area (Å²) in [5.41, 5.74) is 1.31. The molecule has 1 aliphatic rings. The lowest BCUT2D eigenvalue weighted by Gasteiger charge is -2.36. The summed E-state index contributed by atoms with van der Waals surface area (Å²) in [6.07, 6.45) is 1.31. The number of hydrogen-bond donors (Lipinski definition) is 1. The van der Waals surface area contributed by atoms with Crippen LogP contribution in [-0.4, -0.2) is 48.2 Å². The first kappa shape index (κ1) is 15.7. The Hall–Kier alpha value is -1.66. The van der Waals surface area contributed by atoms with Gasteiger partial charge in [0.05, 0.1) is 11.0 Å². The second kappa shape index (κ2) is 6.41. The van der Waals surface area contributed by atoms with Crippen LogP contribution >= 0.6 is 0 Å². The van der Waals surface area contributed by atoms with Gasteiger partial charge in [0.2, 0.25) is 0 Å². The molecule has 1 heterocycles. The second-order valence-electron chi connectivity index (χ2n) is 5.86. The number of piperidine rings is 1. The van der Waals surface area contributed by atoms with Gasteiger partial charge in [0.15, 0.2) is 0 Å². The van der Waals surface area contributed by atoms with E-state index in [2.05, 4.69) is 23.9 Å². The van der Waals surface area contributed by atoms with Crippen LogP contribution in [0.4, 0.5) is 11.4 Å².